The quantitative estimate of drug-likeness (QED) is 0.673. The molecule has 0 spiro atoms. The monoisotopic (exact) mass is 223 g/mol. The van der Waals surface area contributed by atoms with E-state index in [-0.39, 0.29) is 5.91 Å². The molecule has 2 nitrogen and oxygen atoms in total. The molecule has 0 saturated carbocycles. The predicted molar refractivity (Wildman–Crippen MR) is 51.8 cm³/mol. The fourth-order valence-corrected chi connectivity index (χ4v) is 1.56. The molecule has 12 heavy (non-hydrogen) atoms. The van der Waals surface area contributed by atoms with E-state index in [1.807, 2.05) is 18.2 Å². The lowest BCUT2D eigenvalue weighted by Crippen LogP contribution is -2.02. The van der Waals surface area contributed by atoms with E-state index >= 15 is 0 Å². The number of anilines is 1. The topological polar surface area (TPSA) is 29.1 Å². The maximum atomic E-state index is 11.1. The average Bonchev–Trinajstić information content (AvgIpc) is 2.28. The molecule has 1 aromatic carbocycles. The third-order valence-electron chi connectivity index (χ3n) is 1.83. The van der Waals surface area contributed by atoms with Gasteiger partial charge < -0.3 is 5.32 Å². The van der Waals surface area contributed by atoms with E-state index in [9.17, 15) is 4.79 Å². The first-order valence-corrected chi connectivity index (χ1v) is 4.28. The summed E-state index contributed by atoms with van der Waals surface area (Å²) < 4.78 is 0.955. The van der Waals surface area contributed by atoms with Gasteiger partial charge in [-0.15, -0.1) is 0 Å². The predicted octanol–water partition coefficient (Wildman–Crippen LogP) is 2.41. The molecule has 1 aliphatic rings. The lowest BCUT2D eigenvalue weighted by atomic mass is 10.1. The third-order valence-corrected chi connectivity index (χ3v) is 2.32. The first-order valence-electron chi connectivity index (χ1n) is 3.48. The molecular formula is C9H6BrNO. The van der Waals surface area contributed by atoms with Crippen molar-refractivity contribution in [2.24, 2.45) is 0 Å². The van der Waals surface area contributed by atoms with Gasteiger partial charge in [0.15, 0.2) is 0 Å². The number of amides is 1. The molecular weight excluding hydrogens is 218 g/mol. The number of halogens is 1. The molecule has 0 fully saturated rings. The van der Waals surface area contributed by atoms with E-state index in [1.165, 1.54) is 0 Å². The van der Waals surface area contributed by atoms with Crippen molar-refractivity contribution >= 4 is 33.1 Å². The molecule has 0 aromatic heterocycles. The van der Waals surface area contributed by atoms with Crippen LogP contribution in [0.5, 0.6) is 0 Å². The second-order valence-corrected chi connectivity index (χ2v) is 3.54. The van der Waals surface area contributed by atoms with E-state index in [1.54, 1.807) is 0 Å². The largest absolute Gasteiger partial charge is 0.321 e. The highest BCUT2D eigenvalue weighted by Gasteiger charge is 2.21. The van der Waals surface area contributed by atoms with Crippen LogP contribution in [0.15, 0.2) is 29.3 Å². The molecule has 0 radical (unpaired) electrons. The van der Waals surface area contributed by atoms with Crippen LogP contribution < -0.4 is 5.32 Å². The summed E-state index contributed by atoms with van der Waals surface area (Å²) in [6.45, 7) is 3.68. The summed E-state index contributed by atoms with van der Waals surface area (Å²) in [4.78, 5) is 11.1. The standard InChI is InChI=1S/C9H6BrNO/c1-5-7-3-2-6(10)4-8(7)11-9(5)12/h2-4H,1H2,(H,11,12). The van der Waals surface area contributed by atoms with Crippen LogP contribution in [-0.4, -0.2) is 5.91 Å². The van der Waals surface area contributed by atoms with Crippen LogP contribution in [-0.2, 0) is 4.79 Å². The summed E-state index contributed by atoms with van der Waals surface area (Å²) in [5.41, 5.74) is 2.26. The fraction of sp³-hybridized carbons (Fsp3) is 0. The zero-order valence-corrected chi connectivity index (χ0v) is 7.81. The Morgan fingerprint density at radius 3 is 2.92 bits per heavy atom. The molecule has 1 N–H and O–H groups in total. The maximum Gasteiger partial charge on any atom is 0.255 e. The highest BCUT2D eigenvalue weighted by atomic mass is 79.9. The van der Waals surface area contributed by atoms with Gasteiger partial charge in [-0.1, -0.05) is 28.6 Å². The van der Waals surface area contributed by atoms with Crippen LogP contribution in [0.1, 0.15) is 5.56 Å². The Kier molecular flexibility index (Phi) is 1.54. The van der Waals surface area contributed by atoms with Gasteiger partial charge in [-0.25, -0.2) is 0 Å². The molecule has 2 rings (SSSR count). The normalized spacial score (nSPS) is 14.4. The fourth-order valence-electron chi connectivity index (χ4n) is 1.20. The number of carbonyl (C=O) groups excluding carboxylic acids is 1. The lowest BCUT2D eigenvalue weighted by Gasteiger charge is -1.96. The van der Waals surface area contributed by atoms with Crippen molar-refractivity contribution in [3.8, 4) is 0 Å². The van der Waals surface area contributed by atoms with Crippen molar-refractivity contribution in [2.75, 3.05) is 5.32 Å². The number of fused-ring (bicyclic) bond motifs is 1. The van der Waals surface area contributed by atoms with Crippen LogP contribution >= 0.6 is 15.9 Å². The second kappa shape index (κ2) is 2.45. The summed E-state index contributed by atoms with van der Waals surface area (Å²) in [6, 6.07) is 5.63. The second-order valence-electron chi connectivity index (χ2n) is 2.62. The van der Waals surface area contributed by atoms with Crippen LogP contribution in [0.4, 0.5) is 5.69 Å². The average molecular weight is 224 g/mol. The number of hydrogen-bond donors (Lipinski definition) is 1. The van der Waals surface area contributed by atoms with Crippen molar-refractivity contribution in [3.63, 3.8) is 0 Å². The van der Waals surface area contributed by atoms with Crippen molar-refractivity contribution in [1.82, 2.24) is 0 Å². The Labute approximate surface area is 78.4 Å². The van der Waals surface area contributed by atoms with Crippen molar-refractivity contribution < 1.29 is 4.79 Å². The minimum absolute atomic E-state index is 0.108. The number of hydrogen-bond acceptors (Lipinski definition) is 1. The van der Waals surface area contributed by atoms with Crippen LogP contribution in [0.2, 0.25) is 0 Å². The number of rotatable bonds is 0. The zero-order valence-electron chi connectivity index (χ0n) is 6.23. The smallest absolute Gasteiger partial charge is 0.255 e. The van der Waals surface area contributed by atoms with Gasteiger partial charge in [-0.2, -0.15) is 0 Å². The first kappa shape index (κ1) is 7.55. The molecule has 1 heterocycles. The Morgan fingerprint density at radius 2 is 2.17 bits per heavy atom. The molecule has 1 aromatic rings. The molecule has 1 amide bonds. The van der Waals surface area contributed by atoms with Gasteiger partial charge in [0.1, 0.15) is 0 Å². The number of nitrogens with one attached hydrogen (secondary N) is 1. The van der Waals surface area contributed by atoms with E-state index in [0.29, 0.717) is 5.57 Å². The maximum absolute atomic E-state index is 11.1. The number of carbonyl (C=O) groups is 1. The summed E-state index contributed by atoms with van der Waals surface area (Å²) in [5, 5.41) is 2.72. The van der Waals surface area contributed by atoms with Gasteiger partial charge in [0.25, 0.3) is 5.91 Å². The Hall–Kier alpha value is -1.09. The van der Waals surface area contributed by atoms with Gasteiger partial charge in [0, 0.05) is 15.6 Å². The molecule has 0 unspecified atom stereocenters. The molecule has 0 saturated heterocycles. The zero-order chi connectivity index (χ0) is 8.72. The Morgan fingerprint density at radius 1 is 1.42 bits per heavy atom. The Bertz CT molecular complexity index is 384. The van der Waals surface area contributed by atoms with Crippen molar-refractivity contribution in [2.45, 2.75) is 0 Å². The molecule has 3 heteroatoms. The molecule has 0 aliphatic carbocycles. The van der Waals surface area contributed by atoms with E-state index in [0.717, 1.165) is 15.7 Å². The minimum Gasteiger partial charge on any atom is -0.321 e. The summed E-state index contributed by atoms with van der Waals surface area (Å²) in [6.07, 6.45) is 0. The molecule has 0 atom stereocenters. The summed E-state index contributed by atoms with van der Waals surface area (Å²) >= 11 is 3.32. The highest BCUT2D eigenvalue weighted by molar-refractivity contribution is 9.10. The Balaban J connectivity index is 2.62. The van der Waals surface area contributed by atoms with Gasteiger partial charge in [0.05, 0.1) is 5.69 Å². The SMILES string of the molecule is C=C1C(=O)Nc2cc(Br)ccc21. The first-order chi connectivity index (χ1) is 5.68. The van der Waals surface area contributed by atoms with Crippen LogP contribution in [0.25, 0.3) is 5.57 Å². The highest BCUT2D eigenvalue weighted by Crippen LogP contribution is 2.32. The van der Waals surface area contributed by atoms with E-state index in [4.69, 9.17) is 0 Å². The van der Waals surface area contributed by atoms with Gasteiger partial charge >= 0.3 is 0 Å². The molecule has 1 aliphatic heterocycles. The van der Waals surface area contributed by atoms with E-state index < -0.39 is 0 Å². The van der Waals surface area contributed by atoms with Crippen LogP contribution in [0.3, 0.4) is 0 Å². The minimum atomic E-state index is -0.108. The van der Waals surface area contributed by atoms with Gasteiger partial charge in [-0.05, 0) is 12.1 Å². The molecule has 60 valence electrons. The lowest BCUT2D eigenvalue weighted by molar-refractivity contribution is -0.110. The number of benzene rings is 1. The van der Waals surface area contributed by atoms with Gasteiger partial charge in [0.2, 0.25) is 0 Å². The summed E-state index contributed by atoms with van der Waals surface area (Å²) in [7, 11) is 0. The van der Waals surface area contributed by atoms with Crippen molar-refractivity contribution in [1.29, 1.82) is 0 Å². The van der Waals surface area contributed by atoms with E-state index in [2.05, 4.69) is 27.8 Å². The van der Waals surface area contributed by atoms with Crippen molar-refractivity contribution in [3.05, 3.63) is 34.8 Å². The third kappa shape index (κ3) is 0.975. The molecule has 0 bridgehead atoms. The summed E-state index contributed by atoms with van der Waals surface area (Å²) in [5.74, 6) is -0.108. The van der Waals surface area contributed by atoms with Crippen LogP contribution in [0, 0.1) is 0 Å². The van der Waals surface area contributed by atoms with Gasteiger partial charge in [-0.3, -0.25) is 4.79 Å².